The minimum atomic E-state index is -1.57. The number of hydrogen-bond donors (Lipinski definition) is 2. The summed E-state index contributed by atoms with van der Waals surface area (Å²) < 4.78 is 11.0. The summed E-state index contributed by atoms with van der Waals surface area (Å²) in [6, 6.07) is 0. The predicted molar refractivity (Wildman–Crippen MR) is 54.0 cm³/mol. The number of primary amides is 1. The first kappa shape index (κ1) is 11.4. The largest absolute Gasteiger partial charge is 0.370 e. The Hall–Kier alpha value is 0.400. The number of carbonyl (C=O) groups excluding carboxylic acids is 1. The third-order valence-corrected chi connectivity index (χ3v) is 4.03. The fourth-order valence-corrected chi connectivity index (χ4v) is 3.42. The van der Waals surface area contributed by atoms with Crippen LogP contribution in [-0.2, 0) is 9.36 Å². The molecule has 0 saturated heterocycles. The first-order valence-electron chi connectivity index (χ1n) is 3.23. The van der Waals surface area contributed by atoms with Crippen molar-refractivity contribution in [3.63, 3.8) is 0 Å². The zero-order valence-corrected chi connectivity index (χ0v) is 8.79. The summed E-state index contributed by atoms with van der Waals surface area (Å²) in [5.74, 6) is 0.404. The minimum absolute atomic E-state index is 0.245. The smallest absolute Gasteiger partial charge is 0.217 e. The second-order valence-corrected chi connectivity index (χ2v) is 5.61. The molecule has 0 aromatic heterocycles. The van der Waals surface area contributed by atoms with Crippen molar-refractivity contribution < 1.29 is 9.36 Å². The van der Waals surface area contributed by atoms with Crippen LogP contribution < -0.4 is 5.73 Å². The highest BCUT2D eigenvalue weighted by Crippen LogP contribution is 2.23. The molecule has 0 spiro atoms. The summed E-state index contributed by atoms with van der Waals surface area (Å²) in [6.07, 6.45) is 1.36. The van der Waals surface area contributed by atoms with Gasteiger partial charge >= 0.3 is 0 Å². The van der Waals surface area contributed by atoms with E-state index < -0.39 is 7.80 Å². The van der Waals surface area contributed by atoms with Crippen molar-refractivity contribution in [2.75, 3.05) is 18.1 Å². The third-order valence-electron chi connectivity index (χ3n) is 1.12. The molecule has 0 rings (SSSR count). The maximum Gasteiger partial charge on any atom is 0.217 e. The highest BCUT2D eigenvalue weighted by molar-refractivity contribution is 8.68. The molecule has 0 aliphatic heterocycles. The van der Waals surface area contributed by atoms with Crippen molar-refractivity contribution in [3.05, 3.63) is 0 Å². The number of amides is 1. The molecular weight excluding hydrogens is 201 g/mol. The Morgan fingerprint density at radius 1 is 1.55 bits per heavy atom. The van der Waals surface area contributed by atoms with Gasteiger partial charge in [0.25, 0.3) is 0 Å². The van der Waals surface area contributed by atoms with Crippen LogP contribution in [0.3, 0.4) is 0 Å². The Labute approximate surface area is 76.1 Å². The van der Waals surface area contributed by atoms with Gasteiger partial charge < -0.3 is 10.3 Å². The van der Waals surface area contributed by atoms with Gasteiger partial charge in [-0.25, -0.2) is 0 Å². The third kappa shape index (κ3) is 8.30. The van der Waals surface area contributed by atoms with Gasteiger partial charge in [0.2, 0.25) is 5.91 Å². The van der Waals surface area contributed by atoms with Crippen LogP contribution in [0.2, 0.25) is 0 Å². The molecule has 1 amide bonds. The highest BCUT2D eigenvalue weighted by atomic mass is 33.1. The molecular formula is C5H12NO2PS2. The summed E-state index contributed by atoms with van der Waals surface area (Å²) in [5.41, 5.74) is 4.89. The van der Waals surface area contributed by atoms with Crippen LogP contribution in [0.4, 0.5) is 0 Å². The normalized spacial score (nSPS) is 12.8. The van der Waals surface area contributed by atoms with Crippen LogP contribution in [-0.4, -0.2) is 24.0 Å². The van der Waals surface area contributed by atoms with Gasteiger partial charge in [-0.05, 0) is 0 Å². The lowest BCUT2D eigenvalue weighted by Crippen LogP contribution is -2.11. The summed E-state index contributed by atoms with van der Waals surface area (Å²) >= 11 is 3.91. The lowest BCUT2D eigenvalue weighted by molar-refractivity contribution is -0.117. The van der Waals surface area contributed by atoms with Gasteiger partial charge in [0, 0.05) is 24.5 Å². The molecule has 1 atom stereocenters. The van der Waals surface area contributed by atoms with Crippen LogP contribution in [0, 0.1) is 0 Å². The van der Waals surface area contributed by atoms with Gasteiger partial charge in [-0.2, -0.15) is 0 Å². The van der Waals surface area contributed by atoms with Gasteiger partial charge in [-0.3, -0.25) is 4.79 Å². The lowest BCUT2D eigenvalue weighted by atomic mass is 10.5. The molecule has 0 aliphatic rings. The van der Waals surface area contributed by atoms with Crippen molar-refractivity contribution in [1.82, 2.24) is 0 Å². The van der Waals surface area contributed by atoms with E-state index in [2.05, 4.69) is 11.7 Å². The summed E-state index contributed by atoms with van der Waals surface area (Å²) in [6.45, 7) is 0. The summed E-state index contributed by atoms with van der Waals surface area (Å²) in [5, 5.41) is 0. The van der Waals surface area contributed by atoms with Crippen LogP contribution >= 0.6 is 30.3 Å². The molecule has 0 aromatic carbocycles. The first-order chi connectivity index (χ1) is 5.16. The number of thiol groups is 1. The van der Waals surface area contributed by atoms with Crippen molar-refractivity contribution >= 4 is 36.2 Å². The van der Waals surface area contributed by atoms with Gasteiger partial charge in [0.15, 0.2) is 0 Å². The molecule has 66 valence electrons. The van der Waals surface area contributed by atoms with Crippen molar-refractivity contribution in [1.29, 1.82) is 0 Å². The Morgan fingerprint density at radius 2 is 2.18 bits per heavy atom. The number of nitrogens with two attached hydrogens (primary N) is 1. The van der Waals surface area contributed by atoms with Crippen LogP contribution in [0.25, 0.3) is 0 Å². The molecule has 3 nitrogen and oxygen atoms in total. The van der Waals surface area contributed by atoms with Crippen molar-refractivity contribution in [2.45, 2.75) is 6.42 Å². The molecule has 0 heterocycles. The number of carbonyl (C=O) groups is 1. The standard InChI is InChI=1S/C5H12NO2PS2/c6-5(7)1-2-9(8)3-4-11-10/h9-10H,1-4H2,(H2,6,7). The van der Waals surface area contributed by atoms with E-state index in [1.54, 1.807) is 0 Å². The first-order valence-corrected chi connectivity index (χ1v) is 7.09. The molecule has 0 bridgehead atoms. The van der Waals surface area contributed by atoms with E-state index in [0.717, 1.165) is 5.75 Å². The number of hydrogen-bond acceptors (Lipinski definition) is 4. The van der Waals surface area contributed by atoms with Gasteiger partial charge in [-0.15, -0.1) is 11.7 Å². The zero-order valence-electron chi connectivity index (χ0n) is 6.08. The quantitative estimate of drug-likeness (QED) is 0.393. The molecule has 0 saturated carbocycles. The van der Waals surface area contributed by atoms with Gasteiger partial charge in [0.1, 0.15) is 0 Å². The zero-order chi connectivity index (χ0) is 8.69. The van der Waals surface area contributed by atoms with E-state index in [1.165, 1.54) is 10.8 Å². The molecule has 6 heteroatoms. The van der Waals surface area contributed by atoms with Crippen molar-refractivity contribution in [2.24, 2.45) is 5.73 Å². The van der Waals surface area contributed by atoms with E-state index in [1.807, 2.05) is 0 Å². The maximum atomic E-state index is 11.0. The molecule has 0 aromatic rings. The van der Waals surface area contributed by atoms with E-state index in [-0.39, 0.29) is 12.3 Å². The maximum absolute atomic E-state index is 11.0. The van der Waals surface area contributed by atoms with Crippen molar-refractivity contribution in [3.8, 4) is 0 Å². The molecule has 0 fully saturated rings. The summed E-state index contributed by atoms with van der Waals surface area (Å²) in [7, 11) is -0.200. The second kappa shape index (κ2) is 7.07. The Morgan fingerprint density at radius 3 is 2.64 bits per heavy atom. The molecule has 2 N–H and O–H groups in total. The van der Waals surface area contributed by atoms with Gasteiger partial charge in [0.05, 0.1) is 7.80 Å². The number of rotatable bonds is 6. The van der Waals surface area contributed by atoms with Crippen LogP contribution in [0.15, 0.2) is 0 Å². The molecule has 0 radical (unpaired) electrons. The topological polar surface area (TPSA) is 60.2 Å². The SMILES string of the molecule is NC(=O)CC[PH](=O)CCSS. The average Bonchev–Trinajstić information content (AvgIpc) is 1.97. The van der Waals surface area contributed by atoms with Crippen LogP contribution in [0.1, 0.15) is 6.42 Å². The second-order valence-electron chi connectivity index (χ2n) is 2.09. The van der Waals surface area contributed by atoms with Gasteiger partial charge in [-0.1, -0.05) is 10.8 Å². The van der Waals surface area contributed by atoms with E-state index >= 15 is 0 Å². The average molecular weight is 213 g/mol. The Bertz CT molecular complexity index is 153. The van der Waals surface area contributed by atoms with E-state index in [4.69, 9.17) is 5.73 Å². The monoisotopic (exact) mass is 213 g/mol. The fraction of sp³-hybridized carbons (Fsp3) is 0.800. The lowest BCUT2D eigenvalue weighted by Gasteiger charge is -1.96. The Kier molecular flexibility index (Phi) is 7.33. The predicted octanol–water partition coefficient (Wildman–Crippen LogP) is 0.999. The Balaban J connectivity index is 3.30. The summed E-state index contributed by atoms with van der Waals surface area (Å²) in [4.78, 5) is 10.3. The minimum Gasteiger partial charge on any atom is -0.370 e. The van der Waals surface area contributed by atoms with E-state index in [0.29, 0.717) is 12.3 Å². The fourth-order valence-electron chi connectivity index (χ4n) is 0.547. The van der Waals surface area contributed by atoms with E-state index in [9.17, 15) is 9.36 Å². The van der Waals surface area contributed by atoms with Crippen LogP contribution in [0.5, 0.6) is 0 Å². The molecule has 0 aliphatic carbocycles. The highest BCUT2D eigenvalue weighted by Gasteiger charge is 2.01. The molecule has 1 unspecified atom stereocenters. The molecule has 11 heavy (non-hydrogen) atoms.